The molecule has 6 N–H and O–H groups in total. The molecule has 0 saturated carbocycles. The third kappa shape index (κ3) is 9.30. The molecule has 11 heteroatoms. The van der Waals surface area contributed by atoms with Crippen molar-refractivity contribution in [1.29, 1.82) is 0 Å². The molecule has 2 aromatic carbocycles. The van der Waals surface area contributed by atoms with E-state index in [4.69, 9.17) is 35.2 Å². The first-order valence-electron chi connectivity index (χ1n) is 13.6. The van der Waals surface area contributed by atoms with Crippen LogP contribution >= 0.6 is 0 Å². The summed E-state index contributed by atoms with van der Waals surface area (Å²) >= 11 is 0. The molecule has 0 radical (unpaired) electrons. The summed E-state index contributed by atoms with van der Waals surface area (Å²) in [5.74, 6) is 0.812. The van der Waals surface area contributed by atoms with Crippen LogP contribution in [0.15, 0.2) is 60.7 Å². The second-order valence-corrected chi connectivity index (χ2v) is 9.33. The molecular weight excluding hydrogens is 528 g/mol. The number of aliphatic hydroxyl groups excluding tert-OH is 2. The summed E-state index contributed by atoms with van der Waals surface area (Å²) in [6, 6.07) is 18.5. The van der Waals surface area contributed by atoms with E-state index in [9.17, 15) is 10.2 Å². The average Bonchev–Trinajstić information content (AvgIpc) is 2.98. The van der Waals surface area contributed by atoms with Crippen LogP contribution in [0.3, 0.4) is 0 Å². The van der Waals surface area contributed by atoms with E-state index >= 15 is 0 Å². The zero-order valence-corrected chi connectivity index (χ0v) is 23.0. The van der Waals surface area contributed by atoms with Gasteiger partial charge in [-0.05, 0) is 24.3 Å². The number of para-hydroxylation sites is 2. The number of fused-ring (bicyclic) bond motifs is 2. The molecule has 2 atom stereocenters. The highest BCUT2D eigenvalue weighted by Crippen LogP contribution is 2.25. The Kier molecular flexibility index (Phi) is 12.0. The van der Waals surface area contributed by atoms with Gasteiger partial charge in [0.2, 0.25) is 0 Å². The Bertz CT molecular complexity index is 1270. The maximum Gasteiger partial charge on any atom is 0.124 e. The summed E-state index contributed by atoms with van der Waals surface area (Å²) in [6.45, 7) is 3.44. The molecule has 0 aliphatic carbocycles. The number of rotatable bonds is 18. The number of hydrogen-bond acceptors (Lipinski definition) is 11. The number of hydrogen-bond donors (Lipinski definition) is 4. The molecule has 0 bridgehead atoms. The molecule has 0 saturated heterocycles. The molecular formula is C30H38N4O7. The quantitative estimate of drug-likeness (QED) is 0.131. The molecule has 0 fully saturated rings. The van der Waals surface area contributed by atoms with Gasteiger partial charge in [0.25, 0.3) is 0 Å². The molecule has 0 aliphatic rings. The minimum atomic E-state index is -0.812. The fourth-order valence-electron chi connectivity index (χ4n) is 4.26. The number of nitrogen functional groups attached to an aromatic ring is 2. The minimum absolute atomic E-state index is 0.130. The molecule has 0 aliphatic heterocycles. The number of aliphatic hydroxyl groups is 2. The highest BCUT2D eigenvalue weighted by atomic mass is 16.6. The van der Waals surface area contributed by atoms with E-state index < -0.39 is 12.2 Å². The van der Waals surface area contributed by atoms with Crippen LogP contribution in [0.5, 0.6) is 0 Å². The molecule has 2 unspecified atom stereocenters. The zero-order chi connectivity index (χ0) is 28.9. The predicted molar refractivity (Wildman–Crippen MR) is 156 cm³/mol. The first-order valence-corrected chi connectivity index (χ1v) is 13.6. The Morgan fingerprint density at radius 3 is 1.27 bits per heavy atom. The topological polar surface area (TPSA) is 164 Å². The Morgan fingerprint density at radius 1 is 0.512 bits per heavy atom. The van der Waals surface area contributed by atoms with Crippen molar-refractivity contribution in [2.45, 2.75) is 12.2 Å². The van der Waals surface area contributed by atoms with Gasteiger partial charge in [0.05, 0.1) is 77.1 Å². The fourth-order valence-corrected chi connectivity index (χ4v) is 4.26. The van der Waals surface area contributed by atoms with Crippen LogP contribution in [0, 0.1) is 0 Å². The molecule has 2 aromatic heterocycles. The van der Waals surface area contributed by atoms with E-state index in [1.807, 2.05) is 48.5 Å². The molecule has 11 nitrogen and oxygen atoms in total. The summed E-state index contributed by atoms with van der Waals surface area (Å²) < 4.78 is 27.6. The van der Waals surface area contributed by atoms with Crippen molar-refractivity contribution in [3.8, 4) is 0 Å². The van der Waals surface area contributed by atoms with E-state index in [0.29, 0.717) is 86.7 Å². The zero-order valence-electron chi connectivity index (χ0n) is 23.0. The second kappa shape index (κ2) is 16.1. The summed E-state index contributed by atoms with van der Waals surface area (Å²) in [5.41, 5.74) is 14.3. The van der Waals surface area contributed by atoms with Gasteiger partial charge in [-0.2, -0.15) is 0 Å². The SMILES string of the molecule is Nc1ccc2cccc(C(O)COCCOCCOCCOCCOCC(O)c3cccc4ccc(N)nc34)c2n1. The molecule has 41 heavy (non-hydrogen) atoms. The third-order valence-corrected chi connectivity index (χ3v) is 6.30. The van der Waals surface area contributed by atoms with Gasteiger partial charge in [0.1, 0.15) is 23.8 Å². The molecule has 220 valence electrons. The van der Waals surface area contributed by atoms with Crippen molar-refractivity contribution >= 4 is 33.4 Å². The lowest BCUT2D eigenvalue weighted by molar-refractivity contribution is -0.0263. The van der Waals surface area contributed by atoms with Gasteiger partial charge >= 0.3 is 0 Å². The van der Waals surface area contributed by atoms with E-state index in [1.54, 1.807) is 12.1 Å². The van der Waals surface area contributed by atoms with Crippen LogP contribution in [0.2, 0.25) is 0 Å². The van der Waals surface area contributed by atoms with Crippen molar-refractivity contribution in [3.63, 3.8) is 0 Å². The smallest absolute Gasteiger partial charge is 0.124 e. The predicted octanol–water partition coefficient (Wildman–Crippen LogP) is 2.80. The molecule has 2 heterocycles. The number of anilines is 2. The number of benzene rings is 2. The lowest BCUT2D eigenvalue weighted by Crippen LogP contribution is -2.15. The summed E-state index contributed by atoms with van der Waals surface area (Å²) in [6.07, 6.45) is -1.62. The molecule has 4 aromatic rings. The number of aromatic nitrogens is 2. The minimum Gasteiger partial charge on any atom is -0.386 e. The number of nitrogens with zero attached hydrogens (tertiary/aromatic N) is 2. The Balaban J connectivity index is 0.971. The maximum absolute atomic E-state index is 10.5. The van der Waals surface area contributed by atoms with Crippen molar-refractivity contribution in [1.82, 2.24) is 9.97 Å². The lowest BCUT2D eigenvalue weighted by Gasteiger charge is -2.14. The summed E-state index contributed by atoms with van der Waals surface area (Å²) in [5, 5.41) is 22.8. The van der Waals surface area contributed by atoms with Gasteiger partial charge in [0.15, 0.2) is 0 Å². The molecule has 4 rings (SSSR count). The van der Waals surface area contributed by atoms with Crippen molar-refractivity contribution in [3.05, 3.63) is 71.8 Å². The third-order valence-electron chi connectivity index (χ3n) is 6.30. The number of nitrogens with two attached hydrogens (primary N) is 2. The first kappa shape index (κ1) is 30.5. The molecule has 0 amide bonds. The largest absolute Gasteiger partial charge is 0.386 e. The highest BCUT2D eigenvalue weighted by molar-refractivity contribution is 5.84. The molecule has 0 spiro atoms. The summed E-state index contributed by atoms with van der Waals surface area (Å²) in [7, 11) is 0. The van der Waals surface area contributed by atoms with E-state index in [2.05, 4.69) is 9.97 Å². The first-order chi connectivity index (χ1) is 20.0. The van der Waals surface area contributed by atoms with Gasteiger partial charge < -0.3 is 45.4 Å². The maximum atomic E-state index is 10.5. The number of pyridine rings is 2. The highest BCUT2D eigenvalue weighted by Gasteiger charge is 2.14. The van der Waals surface area contributed by atoms with Crippen molar-refractivity contribution < 1.29 is 33.9 Å². The van der Waals surface area contributed by atoms with Gasteiger partial charge in [0, 0.05) is 21.9 Å². The monoisotopic (exact) mass is 566 g/mol. The van der Waals surface area contributed by atoms with Crippen LogP contribution in [0.4, 0.5) is 11.6 Å². The Hall–Kier alpha value is -3.42. The summed E-state index contributed by atoms with van der Waals surface area (Å²) in [4.78, 5) is 8.67. The normalized spacial score (nSPS) is 13.1. The van der Waals surface area contributed by atoms with Crippen LogP contribution in [0.25, 0.3) is 21.8 Å². The lowest BCUT2D eigenvalue weighted by atomic mass is 10.1. The standard InChI is InChI=1S/C30H38N4O7/c31-27-9-7-21-3-1-5-23(29(21)33-27)25(35)19-40-17-15-38-13-11-37-12-14-39-16-18-41-20-26(36)24-6-2-4-22-8-10-28(32)34-30(22)24/h1-10,25-26,35-36H,11-20H2,(H2,31,33)(H2,32,34). The van der Waals surface area contributed by atoms with Crippen LogP contribution in [-0.2, 0) is 23.7 Å². The van der Waals surface area contributed by atoms with Crippen LogP contribution in [-0.4, -0.2) is 86.2 Å². The number of ether oxygens (including phenoxy) is 5. The fraction of sp³-hybridized carbons (Fsp3) is 0.400. The van der Waals surface area contributed by atoms with E-state index in [0.717, 1.165) is 10.8 Å². The van der Waals surface area contributed by atoms with Crippen molar-refractivity contribution in [2.75, 3.05) is 77.5 Å². The van der Waals surface area contributed by atoms with Crippen LogP contribution < -0.4 is 11.5 Å². The Labute approximate surface area is 239 Å². The van der Waals surface area contributed by atoms with Gasteiger partial charge in [-0.3, -0.25) is 0 Å². The van der Waals surface area contributed by atoms with Crippen molar-refractivity contribution in [2.24, 2.45) is 0 Å². The second-order valence-electron chi connectivity index (χ2n) is 9.33. The average molecular weight is 567 g/mol. The van der Waals surface area contributed by atoms with Gasteiger partial charge in [-0.25, -0.2) is 9.97 Å². The van der Waals surface area contributed by atoms with Gasteiger partial charge in [-0.1, -0.05) is 36.4 Å². The Morgan fingerprint density at radius 2 is 0.878 bits per heavy atom. The van der Waals surface area contributed by atoms with E-state index in [-0.39, 0.29) is 13.2 Å². The van der Waals surface area contributed by atoms with E-state index in [1.165, 1.54) is 0 Å². The van der Waals surface area contributed by atoms with Crippen LogP contribution in [0.1, 0.15) is 23.3 Å². The van der Waals surface area contributed by atoms with Gasteiger partial charge in [-0.15, -0.1) is 0 Å².